The number of piperidine rings is 1. The maximum atomic E-state index is 12.8. The average Bonchev–Trinajstić information content (AvgIpc) is 2.59. The van der Waals surface area contributed by atoms with Crippen molar-refractivity contribution in [3.63, 3.8) is 0 Å². The fourth-order valence-electron chi connectivity index (χ4n) is 2.74. The Balaban J connectivity index is 2.14. The summed E-state index contributed by atoms with van der Waals surface area (Å²) in [6.07, 6.45) is 2.58. The van der Waals surface area contributed by atoms with E-state index in [1.807, 2.05) is 20.8 Å². The molecule has 150 valence electrons. The lowest BCUT2D eigenvalue weighted by atomic mass is 10.1. The first-order valence-corrected chi connectivity index (χ1v) is 10.6. The number of rotatable bonds is 5. The number of benzene rings is 1. The Hall–Kier alpha value is -1.64. The van der Waals surface area contributed by atoms with Gasteiger partial charge in [-0.15, -0.1) is 0 Å². The summed E-state index contributed by atoms with van der Waals surface area (Å²) in [5.74, 6) is -1.23. The fraction of sp³-hybridized carbons (Fsp3) is 0.556. The zero-order valence-electron chi connectivity index (χ0n) is 15.7. The number of hydrogen-bond donors (Lipinski definition) is 1. The van der Waals surface area contributed by atoms with Crippen LogP contribution in [0.4, 0.5) is 0 Å². The monoisotopic (exact) mass is 416 g/mol. The normalized spacial score (nSPS) is 16.0. The molecule has 7 nitrogen and oxygen atoms in total. The zero-order valence-corrected chi connectivity index (χ0v) is 17.3. The molecule has 0 saturated carbocycles. The number of hydrogen-bond acceptors (Lipinski definition) is 5. The van der Waals surface area contributed by atoms with Crippen molar-refractivity contribution in [2.45, 2.75) is 50.5 Å². The van der Waals surface area contributed by atoms with E-state index < -0.39 is 34.0 Å². The Morgan fingerprint density at radius 1 is 1.19 bits per heavy atom. The molecule has 1 heterocycles. The second-order valence-corrected chi connectivity index (χ2v) is 9.80. The smallest absolute Gasteiger partial charge is 0.338 e. The Kier molecular flexibility index (Phi) is 6.88. The molecule has 0 aliphatic carbocycles. The lowest BCUT2D eigenvalue weighted by Gasteiger charge is -2.26. The van der Waals surface area contributed by atoms with Crippen LogP contribution in [0.15, 0.2) is 23.1 Å². The number of nitrogens with one attached hydrogen (secondary N) is 1. The molecule has 1 aromatic rings. The minimum atomic E-state index is -3.79. The number of halogens is 1. The molecule has 1 amide bonds. The molecule has 1 saturated heterocycles. The summed E-state index contributed by atoms with van der Waals surface area (Å²) in [5, 5.41) is 2.72. The van der Waals surface area contributed by atoms with Crippen LogP contribution < -0.4 is 5.32 Å². The third-order valence-electron chi connectivity index (χ3n) is 3.95. The van der Waals surface area contributed by atoms with E-state index in [4.69, 9.17) is 16.3 Å². The minimum absolute atomic E-state index is 0.0264. The molecule has 27 heavy (non-hydrogen) atoms. The van der Waals surface area contributed by atoms with E-state index in [9.17, 15) is 18.0 Å². The molecule has 1 aromatic carbocycles. The van der Waals surface area contributed by atoms with Crippen molar-refractivity contribution in [2.75, 3.05) is 19.7 Å². The first-order chi connectivity index (χ1) is 12.5. The molecular weight excluding hydrogens is 392 g/mol. The number of carbonyl (C=O) groups excluding carboxylic acids is 2. The molecule has 1 N–H and O–H groups in total. The molecule has 0 aromatic heterocycles. The Bertz CT molecular complexity index is 812. The Morgan fingerprint density at radius 2 is 1.81 bits per heavy atom. The first kappa shape index (κ1) is 21.7. The van der Waals surface area contributed by atoms with Crippen LogP contribution in [-0.4, -0.2) is 49.8 Å². The van der Waals surface area contributed by atoms with E-state index in [0.717, 1.165) is 19.3 Å². The topological polar surface area (TPSA) is 92.8 Å². The van der Waals surface area contributed by atoms with Crippen LogP contribution in [0.25, 0.3) is 0 Å². The highest BCUT2D eigenvalue weighted by Crippen LogP contribution is 2.28. The van der Waals surface area contributed by atoms with Crippen LogP contribution in [-0.2, 0) is 19.6 Å². The number of nitrogens with zero attached hydrogens (tertiary/aromatic N) is 1. The largest absolute Gasteiger partial charge is 0.452 e. The van der Waals surface area contributed by atoms with Crippen molar-refractivity contribution in [1.29, 1.82) is 0 Å². The summed E-state index contributed by atoms with van der Waals surface area (Å²) in [5.41, 5.74) is -0.419. The van der Waals surface area contributed by atoms with Crippen LogP contribution in [0, 0.1) is 0 Å². The standard InChI is InChI=1S/C18H25ClN2O5S/c1-18(2,3)20-16(22)12-26-17(23)13-7-8-14(19)15(11-13)27(24,25)21-9-5-4-6-10-21/h7-8,11H,4-6,9-10,12H2,1-3H3,(H,20,22). The van der Waals surface area contributed by atoms with Crippen LogP contribution in [0.5, 0.6) is 0 Å². The van der Waals surface area contributed by atoms with Gasteiger partial charge in [-0.25, -0.2) is 13.2 Å². The highest BCUT2D eigenvalue weighted by molar-refractivity contribution is 7.89. The molecule has 1 aliphatic rings. The predicted molar refractivity (Wildman–Crippen MR) is 102 cm³/mol. The van der Waals surface area contributed by atoms with Gasteiger partial charge in [0.1, 0.15) is 4.90 Å². The number of ether oxygens (including phenoxy) is 1. The van der Waals surface area contributed by atoms with E-state index >= 15 is 0 Å². The zero-order chi connectivity index (χ0) is 20.2. The van der Waals surface area contributed by atoms with Crippen LogP contribution in [0.3, 0.4) is 0 Å². The van der Waals surface area contributed by atoms with E-state index in [-0.39, 0.29) is 15.5 Å². The van der Waals surface area contributed by atoms with Gasteiger partial charge >= 0.3 is 5.97 Å². The summed E-state index contributed by atoms with van der Waals surface area (Å²) in [7, 11) is -3.79. The molecule has 9 heteroatoms. The van der Waals surface area contributed by atoms with Gasteiger partial charge in [0.15, 0.2) is 6.61 Å². The summed E-state index contributed by atoms with van der Waals surface area (Å²) in [4.78, 5) is 23.9. The maximum absolute atomic E-state index is 12.8. The van der Waals surface area contributed by atoms with Gasteiger partial charge < -0.3 is 10.1 Å². The van der Waals surface area contributed by atoms with Gasteiger partial charge in [0.2, 0.25) is 10.0 Å². The minimum Gasteiger partial charge on any atom is -0.452 e. The quantitative estimate of drug-likeness (QED) is 0.744. The van der Waals surface area contributed by atoms with Crippen molar-refractivity contribution in [1.82, 2.24) is 9.62 Å². The second kappa shape index (κ2) is 8.58. The van der Waals surface area contributed by atoms with Crippen LogP contribution in [0.2, 0.25) is 5.02 Å². The van der Waals surface area contributed by atoms with Gasteiger partial charge in [0, 0.05) is 18.6 Å². The Labute approximate surface area is 165 Å². The van der Waals surface area contributed by atoms with Gasteiger partial charge in [-0.05, 0) is 51.8 Å². The van der Waals surface area contributed by atoms with Crippen molar-refractivity contribution < 1.29 is 22.7 Å². The van der Waals surface area contributed by atoms with Gasteiger partial charge in [0.25, 0.3) is 5.91 Å². The van der Waals surface area contributed by atoms with Crippen LogP contribution in [0.1, 0.15) is 50.4 Å². The number of carbonyl (C=O) groups is 2. The van der Waals surface area contributed by atoms with E-state index in [2.05, 4.69) is 5.32 Å². The van der Waals surface area contributed by atoms with Crippen molar-refractivity contribution in [3.8, 4) is 0 Å². The maximum Gasteiger partial charge on any atom is 0.338 e. The molecule has 2 rings (SSSR count). The van der Waals surface area contributed by atoms with Crippen LogP contribution >= 0.6 is 11.6 Å². The summed E-state index contributed by atoms with van der Waals surface area (Å²) in [6.45, 7) is 5.84. The highest BCUT2D eigenvalue weighted by atomic mass is 35.5. The summed E-state index contributed by atoms with van der Waals surface area (Å²) in [6, 6.07) is 3.93. The van der Waals surface area contributed by atoms with Gasteiger partial charge in [-0.2, -0.15) is 4.31 Å². The first-order valence-electron chi connectivity index (χ1n) is 8.78. The fourth-order valence-corrected chi connectivity index (χ4v) is 4.76. The molecular formula is C18H25ClN2O5S. The molecule has 0 spiro atoms. The lowest BCUT2D eigenvalue weighted by molar-refractivity contribution is -0.125. The molecule has 0 bridgehead atoms. The summed E-state index contributed by atoms with van der Waals surface area (Å²) < 4.78 is 32.0. The molecule has 1 aliphatic heterocycles. The summed E-state index contributed by atoms with van der Waals surface area (Å²) >= 11 is 6.08. The number of esters is 1. The third kappa shape index (κ3) is 5.92. The second-order valence-electron chi connectivity index (χ2n) is 7.48. The molecule has 0 atom stereocenters. The molecule has 1 fully saturated rings. The number of amides is 1. The van der Waals surface area contributed by atoms with Gasteiger partial charge in [0.05, 0.1) is 10.6 Å². The highest BCUT2D eigenvalue weighted by Gasteiger charge is 2.29. The Morgan fingerprint density at radius 3 is 2.41 bits per heavy atom. The van der Waals surface area contributed by atoms with Gasteiger partial charge in [-0.3, -0.25) is 4.79 Å². The van der Waals surface area contributed by atoms with Crippen molar-refractivity contribution in [2.24, 2.45) is 0 Å². The van der Waals surface area contributed by atoms with E-state index in [1.54, 1.807) is 0 Å². The SMILES string of the molecule is CC(C)(C)NC(=O)COC(=O)c1ccc(Cl)c(S(=O)(=O)N2CCCCC2)c1. The molecule has 0 unspecified atom stereocenters. The van der Waals surface area contributed by atoms with E-state index in [0.29, 0.717) is 13.1 Å². The van der Waals surface area contributed by atoms with Gasteiger partial charge in [-0.1, -0.05) is 18.0 Å². The lowest BCUT2D eigenvalue weighted by Crippen LogP contribution is -2.42. The predicted octanol–water partition coefficient (Wildman–Crippen LogP) is 2.59. The van der Waals surface area contributed by atoms with E-state index in [1.165, 1.54) is 22.5 Å². The number of sulfonamides is 1. The third-order valence-corrected chi connectivity index (χ3v) is 6.33. The molecule has 0 radical (unpaired) electrons. The van der Waals surface area contributed by atoms with Crippen molar-refractivity contribution >= 4 is 33.5 Å². The van der Waals surface area contributed by atoms with Crippen molar-refractivity contribution in [3.05, 3.63) is 28.8 Å². The average molecular weight is 417 g/mol.